The minimum Gasteiger partial charge on any atom is -0.370 e. The zero-order chi connectivity index (χ0) is 13.1. The van der Waals surface area contributed by atoms with Crippen molar-refractivity contribution in [2.45, 2.75) is 51.9 Å². The fourth-order valence-electron chi connectivity index (χ4n) is 2.30. The molecule has 4 nitrogen and oxygen atoms in total. The number of guanidine groups is 1. The van der Waals surface area contributed by atoms with Gasteiger partial charge in [0, 0.05) is 13.1 Å². The molecule has 1 saturated heterocycles. The van der Waals surface area contributed by atoms with E-state index in [1.165, 1.54) is 51.7 Å². The SMILES string of the molecule is CCCCNC(N)=NCCCN1CCCCCC1.I. The zero-order valence-electron chi connectivity index (χ0n) is 12.4. The lowest BCUT2D eigenvalue weighted by atomic mass is 10.2. The van der Waals surface area contributed by atoms with Crippen molar-refractivity contribution in [2.75, 3.05) is 32.7 Å². The van der Waals surface area contributed by atoms with Crippen LogP contribution in [0, 0.1) is 0 Å². The van der Waals surface area contributed by atoms with Crippen LogP contribution in [0.2, 0.25) is 0 Å². The lowest BCUT2D eigenvalue weighted by molar-refractivity contribution is 0.283. The van der Waals surface area contributed by atoms with Gasteiger partial charge in [0.2, 0.25) is 0 Å². The van der Waals surface area contributed by atoms with Gasteiger partial charge in [0.15, 0.2) is 5.96 Å². The summed E-state index contributed by atoms with van der Waals surface area (Å²) < 4.78 is 0. The molecular formula is C14H31IN4. The Labute approximate surface area is 135 Å². The van der Waals surface area contributed by atoms with Crippen molar-refractivity contribution in [3.63, 3.8) is 0 Å². The van der Waals surface area contributed by atoms with Gasteiger partial charge in [-0.05, 0) is 45.3 Å². The van der Waals surface area contributed by atoms with E-state index in [-0.39, 0.29) is 24.0 Å². The summed E-state index contributed by atoms with van der Waals surface area (Å²) in [5.74, 6) is 0.610. The van der Waals surface area contributed by atoms with Gasteiger partial charge in [-0.3, -0.25) is 4.99 Å². The topological polar surface area (TPSA) is 53.6 Å². The molecule has 3 N–H and O–H groups in total. The summed E-state index contributed by atoms with van der Waals surface area (Å²) in [6, 6.07) is 0. The van der Waals surface area contributed by atoms with E-state index < -0.39 is 0 Å². The quantitative estimate of drug-likeness (QED) is 0.308. The number of hydrogen-bond donors (Lipinski definition) is 2. The Morgan fingerprint density at radius 2 is 1.84 bits per heavy atom. The van der Waals surface area contributed by atoms with E-state index >= 15 is 0 Å². The van der Waals surface area contributed by atoms with Crippen molar-refractivity contribution >= 4 is 29.9 Å². The summed E-state index contributed by atoms with van der Waals surface area (Å²) in [5.41, 5.74) is 5.78. The molecule has 0 bridgehead atoms. The molecule has 1 rings (SSSR count). The van der Waals surface area contributed by atoms with Crippen molar-refractivity contribution in [3.05, 3.63) is 0 Å². The Hall–Kier alpha value is -0.0400. The number of halogens is 1. The van der Waals surface area contributed by atoms with Crippen LogP contribution in [0.15, 0.2) is 4.99 Å². The molecule has 19 heavy (non-hydrogen) atoms. The number of aliphatic imine (C=N–C) groups is 1. The number of nitrogens with two attached hydrogens (primary N) is 1. The summed E-state index contributed by atoms with van der Waals surface area (Å²) in [6.07, 6.45) is 9.01. The third kappa shape index (κ3) is 10.4. The monoisotopic (exact) mass is 382 g/mol. The molecule has 0 saturated carbocycles. The highest BCUT2D eigenvalue weighted by molar-refractivity contribution is 14.0. The minimum absolute atomic E-state index is 0. The van der Waals surface area contributed by atoms with E-state index in [1.54, 1.807) is 0 Å². The van der Waals surface area contributed by atoms with Crippen molar-refractivity contribution in [3.8, 4) is 0 Å². The van der Waals surface area contributed by atoms with Crippen LogP contribution < -0.4 is 11.1 Å². The first-order chi connectivity index (χ1) is 8.83. The maximum absolute atomic E-state index is 5.78. The third-order valence-electron chi connectivity index (χ3n) is 3.45. The van der Waals surface area contributed by atoms with Gasteiger partial charge >= 0.3 is 0 Å². The molecule has 0 spiro atoms. The number of likely N-dealkylation sites (tertiary alicyclic amines) is 1. The van der Waals surface area contributed by atoms with Crippen LogP contribution in [-0.4, -0.2) is 43.6 Å². The standard InChI is InChI=1S/C14H30N4.HI/c1-2-3-9-16-14(15)17-10-8-13-18-11-6-4-5-7-12-18;/h2-13H2,1H3,(H3,15,16,17);1H. The fourth-order valence-corrected chi connectivity index (χ4v) is 2.30. The van der Waals surface area contributed by atoms with Crippen LogP contribution >= 0.6 is 24.0 Å². The molecule has 0 atom stereocenters. The smallest absolute Gasteiger partial charge is 0.188 e. The zero-order valence-corrected chi connectivity index (χ0v) is 14.7. The summed E-state index contributed by atoms with van der Waals surface area (Å²) in [7, 11) is 0. The predicted molar refractivity (Wildman–Crippen MR) is 94.3 cm³/mol. The van der Waals surface area contributed by atoms with Crippen LogP contribution in [0.25, 0.3) is 0 Å². The molecule has 0 radical (unpaired) electrons. The second kappa shape index (κ2) is 13.0. The molecule has 0 aliphatic carbocycles. The van der Waals surface area contributed by atoms with E-state index in [2.05, 4.69) is 22.1 Å². The Bertz CT molecular complexity index is 225. The van der Waals surface area contributed by atoms with Crippen LogP contribution in [-0.2, 0) is 0 Å². The van der Waals surface area contributed by atoms with Crippen LogP contribution in [0.1, 0.15) is 51.9 Å². The molecule has 1 heterocycles. The second-order valence-electron chi connectivity index (χ2n) is 5.16. The van der Waals surface area contributed by atoms with Crippen molar-refractivity contribution in [1.82, 2.24) is 10.2 Å². The van der Waals surface area contributed by atoms with E-state index in [4.69, 9.17) is 5.73 Å². The van der Waals surface area contributed by atoms with Crippen molar-refractivity contribution < 1.29 is 0 Å². The van der Waals surface area contributed by atoms with Gasteiger partial charge < -0.3 is 16.0 Å². The van der Waals surface area contributed by atoms with Gasteiger partial charge in [0.05, 0.1) is 0 Å². The predicted octanol–water partition coefficient (Wildman–Crippen LogP) is 2.57. The Kier molecular flexibility index (Phi) is 12.9. The lowest BCUT2D eigenvalue weighted by Gasteiger charge is -2.18. The fraction of sp³-hybridized carbons (Fsp3) is 0.929. The first-order valence-electron chi connectivity index (χ1n) is 7.59. The summed E-state index contributed by atoms with van der Waals surface area (Å²) >= 11 is 0. The van der Waals surface area contributed by atoms with Gasteiger partial charge in [0.1, 0.15) is 0 Å². The molecule has 5 heteroatoms. The molecule has 0 aromatic carbocycles. The Morgan fingerprint density at radius 3 is 2.47 bits per heavy atom. The molecule has 114 valence electrons. The Morgan fingerprint density at radius 1 is 1.16 bits per heavy atom. The van der Waals surface area contributed by atoms with Gasteiger partial charge in [-0.25, -0.2) is 0 Å². The lowest BCUT2D eigenvalue weighted by Crippen LogP contribution is -2.32. The highest BCUT2D eigenvalue weighted by atomic mass is 127. The van der Waals surface area contributed by atoms with Crippen molar-refractivity contribution in [2.24, 2.45) is 10.7 Å². The number of unbranched alkanes of at least 4 members (excludes halogenated alkanes) is 1. The highest BCUT2D eigenvalue weighted by Gasteiger charge is 2.07. The van der Waals surface area contributed by atoms with Gasteiger partial charge in [-0.1, -0.05) is 26.2 Å². The molecule has 0 amide bonds. The minimum atomic E-state index is 0. The van der Waals surface area contributed by atoms with Crippen LogP contribution in [0.4, 0.5) is 0 Å². The average Bonchev–Trinajstić information content (AvgIpc) is 2.63. The summed E-state index contributed by atoms with van der Waals surface area (Å²) in [6.45, 7) is 7.68. The van der Waals surface area contributed by atoms with E-state index in [0.717, 1.165) is 25.9 Å². The third-order valence-corrected chi connectivity index (χ3v) is 3.45. The maximum Gasteiger partial charge on any atom is 0.188 e. The summed E-state index contributed by atoms with van der Waals surface area (Å²) in [5, 5.41) is 3.15. The van der Waals surface area contributed by atoms with Gasteiger partial charge in [-0.15, -0.1) is 24.0 Å². The molecule has 0 unspecified atom stereocenters. The molecule has 0 aromatic rings. The second-order valence-corrected chi connectivity index (χ2v) is 5.16. The first-order valence-corrected chi connectivity index (χ1v) is 7.59. The molecule has 1 aliphatic heterocycles. The van der Waals surface area contributed by atoms with Gasteiger partial charge in [0.25, 0.3) is 0 Å². The average molecular weight is 382 g/mol. The van der Waals surface area contributed by atoms with Crippen molar-refractivity contribution in [1.29, 1.82) is 0 Å². The largest absolute Gasteiger partial charge is 0.370 e. The summed E-state index contributed by atoms with van der Waals surface area (Å²) in [4.78, 5) is 6.93. The molecule has 1 fully saturated rings. The van der Waals surface area contributed by atoms with E-state index in [9.17, 15) is 0 Å². The van der Waals surface area contributed by atoms with Gasteiger partial charge in [-0.2, -0.15) is 0 Å². The number of rotatable bonds is 7. The normalized spacial score (nSPS) is 17.6. The molecule has 0 aromatic heterocycles. The van der Waals surface area contributed by atoms with E-state index in [1.807, 2.05) is 0 Å². The van der Waals surface area contributed by atoms with Crippen LogP contribution in [0.3, 0.4) is 0 Å². The number of hydrogen-bond acceptors (Lipinski definition) is 2. The number of nitrogens with one attached hydrogen (secondary N) is 1. The molecule has 1 aliphatic rings. The first kappa shape index (κ1) is 19.0. The highest BCUT2D eigenvalue weighted by Crippen LogP contribution is 2.09. The van der Waals surface area contributed by atoms with E-state index in [0.29, 0.717) is 5.96 Å². The number of nitrogens with zero attached hydrogens (tertiary/aromatic N) is 2. The molecular weight excluding hydrogens is 351 g/mol. The maximum atomic E-state index is 5.78. The Balaban J connectivity index is 0.00000324. The van der Waals surface area contributed by atoms with Crippen LogP contribution in [0.5, 0.6) is 0 Å².